The highest BCUT2D eigenvalue weighted by molar-refractivity contribution is 7.89. The zero-order valence-electron chi connectivity index (χ0n) is 15.6. The zero-order chi connectivity index (χ0) is 19.4. The first-order chi connectivity index (χ1) is 13.6. The maximum atomic E-state index is 13.1. The van der Waals surface area contributed by atoms with E-state index in [1.165, 1.54) is 5.56 Å². The van der Waals surface area contributed by atoms with Crippen molar-refractivity contribution in [3.8, 4) is 0 Å². The largest absolute Gasteiger partial charge is 0.307 e. The van der Waals surface area contributed by atoms with Crippen molar-refractivity contribution >= 4 is 10.0 Å². The van der Waals surface area contributed by atoms with Gasteiger partial charge in [0.15, 0.2) is 0 Å². The van der Waals surface area contributed by atoms with Gasteiger partial charge in [-0.2, -0.15) is 4.31 Å². The van der Waals surface area contributed by atoms with E-state index in [-0.39, 0.29) is 0 Å². The van der Waals surface area contributed by atoms with E-state index >= 15 is 0 Å². The van der Waals surface area contributed by atoms with Crippen LogP contribution >= 0.6 is 0 Å². The smallest absolute Gasteiger partial charge is 0.243 e. The molecule has 0 atom stereocenters. The lowest BCUT2D eigenvalue weighted by atomic mass is 10.0. The molecule has 0 spiro atoms. The quantitative estimate of drug-likeness (QED) is 0.699. The summed E-state index contributed by atoms with van der Waals surface area (Å²) < 4.78 is 27.9. The maximum absolute atomic E-state index is 13.1. The van der Waals surface area contributed by atoms with Crippen molar-refractivity contribution in [1.82, 2.24) is 14.6 Å². The highest BCUT2D eigenvalue weighted by Crippen LogP contribution is 2.25. The third-order valence-electron chi connectivity index (χ3n) is 4.99. The number of benzene rings is 2. The van der Waals surface area contributed by atoms with E-state index in [0.29, 0.717) is 31.1 Å². The van der Waals surface area contributed by atoms with Gasteiger partial charge in [-0.05, 0) is 47.4 Å². The number of sulfonamides is 1. The van der Waals surface area contributed by atoms with Crippen molar-refractivity contribution in [1.29, 1.82) is 0 Å². The van der Waals surface area contributed by atoms with E-state index in [2.05, 4.69) is 16.4 Å². The number of hydrogen-bond acceptors (Lipinski definition) is 4. The fourth-order valence-electron chi connectivity index (χ4n) is 3.48. The first-order valence-electron chi connectivity index (χ1n) is 9.39. The van der Waals surface area contributed by atoms with Crippen LogP contribution < -0.4 is 5.32 Å². The predicted octanol–water partition coefficient (Wildman–Crippen LogP) is 3.12. The number of fused-ring (bicyclic) bond motifs is 1. The summed E-state index contributed by atoms with van der Waals surface area (Å²) in [5.41, 5.74) is 4.22. The van der Waals surface area contributed by atoms with Gasteiger partial charge in [0.25, 0.3) is 0 Å². The molecule has 0 bridgehead atoms. The van der Waals surface area contributed by atoms with Crippen LogP contribution in [0.3, 0.4) is 0 Å². The lowest BCUT2D eigenvalue weighted by Gasteiger charge is -2.28. The Morgan fingerprint density at radius 2 is 1.75 bits per heavy atom. The van der Waals surface area contributed by atoms with Crippen LogP contribution in [-0.2, 0) is 36.1 Å². The van der Waals surface area contributed by atoms with Crippen LogP contribution in [0.1, 0.15) is 22.4 Å². The lowest BCUT2D eigenvalue weighted by molar-refractivity contribution is 0.391. The summed E-state index contributed by atoms with van der Waals surface area (Å²) >= 11 is 0. The van der Waals surface area contributed by atoms with Crippen LogP contribution in [0.4, 0.5) is 0 Å². The van der Waals surface area contributed by atoms with E-state index < -0.39 is 10.0 Å². The highest BCUT2D eigenvalue weighted by atomic mass is 32.2. The van der Waals surface area contributed by atoms with Gasteiger partial charge in [0.2, 0.25) is 10.0 Å². The Morgan fingerprint density at radius 3 is 2.57 bits per heavy atom. The van der Waals surface area contributed by atoms with Crippen LogP contribution in [0.15, 0.2) is 77.8 Å². The number of nitrogens with zero attached hydrogens (tertiary/aromatic N) is 2. The van der Waals surface area contributed by atoms with Crippen molar-refractivity contribution in [3.63, 3.8) is 0 Å². The minimum Gasteiger partial charge on any atom is -0.307 e. The monoisotopic (exact) mass is 393 g/mol. The Morgan fingerprint density at radius 1 is 0.929 bits per heavy atom. The molecule has 1 N–H and O–H groups in total. The number of hydrogen-bond donors (Lipinski definition) is 1. The molecule has 28 heavy (non-hydrogen) atoms. The molecule has 2 heterocycles. The topological polar surface area (TPSA) is 62.3 Å². The number of aromatic nitrogens is 1. The Bertz CT molecular complexity index is 1050. The second-order valence-corrected chi connectivity index (χ2v) is 8.87. The molecular weight excluding hydrogens is 370 g/mol. The van der Waals surface area contributed by atoms with E-state index in [1.807, 2.05) is 48.5 Å². The van der Waals surface area contributed by atoms with Crippen LogP contribution in [0.5, 0.6) is 0 Å². The van der Waals surface area contributed by atoms with E-state index in [1.54, 1.807) is 22.6 Å². The number of pyridine rings is 1. The van der Waals surface area contributed by atoms with Gasteiger partial charge < -0.3 is 5.32 Å². The third-order valence-corrected chi connectivity index (χ3v) is 6.83. The van der Waals surface area contributed by atoms with Crippen molar-refractivity contribution < 1.29 is 8.42 Å². The van der Waals surface area contributed by atoms with Gasteiger partial charge in [-0.3, -0.25) is 4.98 Å². The molecule has 1 aliphatic heterocycles. The van der Waals surface area contributed by atoms with Gasteiger partial charge in [0, 0.05) is 32.4 Å². The molecule has 1 aromatic heterocycles. The molecule has 1 aliphatic rings. The molecule has 5 nitrogen and oxygen atoms in total. The van der Waals surface area contributed by atoms with Gasteiger partial charge in [0.05, 0.1) is 10.6 Å². The third kappa shape index (κ3) is 4.14. The summed E-state index contributed by atoms with van der Waals surface area (Å²) in [6.07, 6.45) is 2.52. The fraction of sp³-hybridized carbons (Fsp3) is 0.227. The SMILES string of the molecule is O=S(=O)(c1cccc(CNCc2ccccn2)c1)N1CCc2ccccc2C1. The zero-order valence-corrected chi connectivity index (χ0v) is 16.4. The summed E-state index contributed by atoms with van der Waals surface area (Å²) in [6, 6.07) is 21.0. The van der Waals surface area contributed by atoms with Crippen LogP contribution in [0.25, 0.3) is 0 Å². The number of rotatable bonds is 6. The first-order valence-corrected chi connectivity index (χ1v) is 10.8. The Hall–Kier alpha value is -2.54. The molecule has 0 fully saturated rings. The van der Waals surface area contributed by atoms with Gasteiger partial charge in [-0.1, -0.05) is 42.5 Å². The van der Waals surface area contributed by atoms with E-state index in [4.69, 9.17) is 0 Å². The first kappa shape index (κ1) is 18.8. The molecule has 144 valence electrons. The molecule has 0 aliphatic carbocycles. The minimum absolute atomic E-state index is 0.351. The molecule has 0 amide bonds. The van der Waals surface area contributed by atoms with Gasteiger partial charge in [-0.25, -0.2) is 8.42 Å². The summed E-state index contributed by atoms with van der Waals surface area (Å²) in [6.45, 7) is 2.17. The molecule has 0 radical (unpaired) electrons. The average molecular weight is 394 g/mol. The second-order valence-electron chi connectivity index (χ2n) is 6.93. The Kier molecular flexibility index (Phi) is 5.52. The standard InChI is InChI=1S/C22H23N3O2S/c26-28(27,25-13-11-19-7-1-2-8-20(19)17-25)22-10-5-6-18(14-22)15-23-16-21-9-3-4-12-24-21/h1-10,12,14,23H,11,13,15-17H2. The van der Waals surface area contributed by atoms with E-state index in [9.17, 15) is 8.42 Å². The molecule has 2 aromatic carbocycles. The molecule has 0 saturated carbocycles. The average Bonchev–Trinajstić information content (AvgIpc) is 2.74. The molecule has 0 saturated heterocycles. The van der Waals surface area contributed by atoms with Gasteiger partial charge in [0.1, 0.15) is 0 Å². The Balaban J connectivity index is 1.46. The summed E-state index contributed by atoms with van der Waals surface area (Å²) in [7, 11) is -3.51. The van der Waals surface area contributed by atoms with Crippen molar-refractivity contribution in [2.24, 2.45) is 0 Å². The van der Waals surface area contributed by atoms with E-state index in [0.717, 1.165) is 23.2 Å². The fourth-order valence-corrected chi connectivity index (χ4v) is 4.97. The van der Waals surface area contributed by atoms with Crippen molar-refractivity contribution in [2.45, 2.75) is 31.0 Å². The van der Waals surface area contributed by atoms with Crippen LogP contribution in [0, 0.1) is 0 Å². The highest BCUT2D eigenvalue weighted by Gasteiger charge is 2.28. The summed E-state index contributed by atoms with van der Waals surface area (Å²) in [5, 5.41) is 3.32. The second kappa shape index (κ2) is 8.22. The van der Waals surface area contributed by atoms with Gasteiger partial charge >= 0.3 is 0 Å². The van der Waals surface area contributed by atoms with Crippen molar-refractivity contribution in [2.75, 3.05) is 6.54 Å². The predicted molar refractivity (Wildman–Crippen MR) is 109 cm³/mol. The minimum atomic E-state index is -3.51. The van der Waals surface area contributed by atoms with Crippen LogP contribution in [-0.4, -0.2) is 24.3 Å². The molecule has 0 unspecified atom stereocenters. The molecule has 6 heteroatoms. The normalized spacial score (nSPS) is 14.6. The lowest BCUT2D eigenvalue weighted by Crippen LogP contribution is -2.36. The van der Waals surface area contributed by atoms with Crippen LogP contribution in [0.2, 0.25) is 0 Å². The number of nitrogens with one attached hydrogen (secondary N) is 1. The maximum Gasteiger partial charge on any atom is 0.243 e. The van der Waals surface area contributed by atoms with Gasteiger partial charge in [-0.15, -0.1) is 0 Å². The van der Waals surface area contributed by atoms with Crippen molar-refractivity contribution in [3.05, 3.63) is 95.3 Å². The summed E-state index contributed by atoms with van der Waals surface area (Å²) in [5.74, 6) is 0. The molecule has 4 rings (SSSR count). The Labute approximate surface area is 166 Å². The summed E-state index contributed by atoms with van der Waals surface area (Å²) in [4.78, 5) is 4.63. The molecular formula is C22H23N3O2S. The molecule has 3 aromatic rings.